The fourth-order valence-electron chi connectivity index (χ4n) is 1.37. The van der Waals surface area contributed by atoms with E-state index in [1.807, 2.05) is 0 Å². The van der Waals surface area contributed by atoms with E-state index in [-0.39, 0.29) is 12.4 Å². The first-order chi connectivity index (χ1) is 7.15. The molecule has 0 N–H and O–H groups in total. The summed E-state index contributed by atoms with van der Waals surface area (Å²) >= 11 is 0. The van der Waals surface area contributed by atoms with Crippen LogP contribution in [0.2, 0.25) is 0 Å². The van der Waals surface area contributed by atoms with Gasteiger partial charge in [0.05, 0.1) is 13.5 Å². The summed E-state index contributed by atoms with van der Waals surface area (Å²) in [6, 6.07) is 0. The average molecular weight is 216 g/mol. The molecule has 1 aliphatic heterocycles. The van der Waals surface area contributed by atoms with Gasteiger partial charge in [-0.1, -0.05) is 0 Å². The van der Waals surface area contributed by atoms with Crippen molar-refractivity contribution < 1.29 is 23.7 Å². The lowest BCUT2D eigenvalue weighted by Crippen LogP contribution is -2.33. The van der Waals surface area contributed by atoms with Gasteiger partial charge < -0.3 is 18.9 Å². The van der Waals surface area contributed by atoms with Crippen molar-refractivity contribution in [3.05, 3.63) is 12.2 Å². The standard InChI is InChI=1S/C10H16O5/c1-12-8(11)4-6-10(14-3)7-5-9(13-2)15-10/h5,7,9H,4,6H2,1-3H3/t9-,10+/m0/s1. The number of hydrogen-bond acceptors (Lipinski definition) is 5. The Bertz CT molecular complexity index is 250. The Morgan fingerprint density at radius 1 is 1.47 bits per heavy atom. The second kappa shape index (κ2) is 5.25. The molecule has 0 unspecified atom stereocenters. The van der Waals surface area contributed by atoms with E-state index in [2.05, 4.69) is 4.74 Å². The minimum Gasteiger partial charge on any atom is -0.469 e. The molecule has 0 spiro atoms. The number of carbonyl (C=O) groups excluding carboxylic acids is 1. The first-order valence-corrected chi connectivity index (χ1v) is 4.68. The third-order valence-electron chi connectivity index (χ3n) is 2.31. The molecule has 15 heavy (non-hydrogen) atoms. The third kappa shape index (κ3) is 3.02. The maximum atomic E-state index is 11.0. The molecule has 2 atom stereocenters. The molecule has 0 aromatic rings. The molecule has 0 fully saturated rings. The van der Waals surface area contributed by atoms with Crippen LogP contribution in [-0.4, -0.2) is 39.4 Å². The SMILES string of the molecule is COC(=O)CC[C@]1(OC)C=C[C@@H](OC)O1. The molecule has 1 heterocycles. The van der Waals surface area contributed by atoms with Crippen LogP contribution in [0.3, 0.4) is 0 Å². The van der Waals surface area contributed by atoms with Crippen LogP contribution in [-0.2, 0) is 23.7 Å². The van der Waals surface area contributed by atoms with Crippen molar-refractivity contribution >= 4 is 5.97 Å². The number of rotatable bonds is 5. The molecular weight excluding hydrogens is 200 g/mol. The van der Waals surface area contributed by atoms with E-state index in [4.69, 9.17) is 14.2 Å². The number of carbonyl (C=O) groups is 1. The van der Waals surface area contributed by atoms with E-state index in [1.54, 1.807) is 19.3 Å². The predicted octanol–water partition coefficient (Wildman–Crippen LogP) is 0.841. The van der Waals surface area contributed by atoms with Crippen molar-refractivity contribution in [1.29, 1.82) is 0 Å². The summed E-state index contributed by atoms with van der Waals surface area (Å²) in [7, 11) is 4.42. The summed E-state index contributed by atoms with van der Waals surface area (Å²) in [5.41, 5.74) is 0. The van der Waals surface area contributed by atoms with Crippen molar-refractivity contribution in [2.75, 3.05) is 21.3 Å². The van der Waals surface area contributed by atoms with Crippen LogP contribution >= 0.6 is 0 Å². The summed E-state index contributed by atoms with van der Waals surface area (Å²) in [4.78, 5) is 11.0. The van der Waals surface area contributed by atoms with Gasteiger partial charge in [0.25, 0.3) is 0 Å². The maximum Gasteiger partial charge on any atom is 0.305 e. The zero-order chi connectivity index (χ0) is 11.3. The van der Waals surface area contributed by atoms with E-state index in [0.29, 0.717) is 6.42 Å². The Morgan fingerprint density at radius 3 is 2.67 bits per heavy atom. The molecule has 1 aliphatic rings. The highest BCUT2D eigenvalue weighted by Crippen LogP contribution is 2.29. The molecule has 5 nitrogen and oxygen atoms in total. The second-order valence-electron chi connectivity index (χ2n) is 3.17. The fraction of sp³-hybridized carbons (Fsp3) is 0.700. The van der Waals surface area contributed by atoms with E-state index < -0.39 is 12.1 Å². The van der Waals surface area contributed by atoms with Gasteiger partial charge >= 0.3 is 5.97 Å². The van der Waals surface area contributed by atoms with Gasteiger partial charge in [0.2, 0.25) is 0 Å². The molecule has 0 saturated carbocycles. The lowest BCUT2D eigenvalue weighted by Gasteiger charge is -2.26. The summed E-state index contributed by atoms with van der Waals surface area (Å²) in [5.74, 6) is -1.15. The van der Waals surface area contributed by atoms with E-state index >= 15 is 0 Å². The maximum absolute atomic E-state index is 11.0. The van der Waals surface area contributed by atoms with Crippen LogP contribution in [0, 0.1) is 0 Å². The lowest BCUT2D eigenvalue weighted by molar-refractivity contribution is -0.245. The molecular formula is C10H16O5. The Labute approximate surface area is 88.9 Å². The summed E-state index contributed by atoms with van der Waals surface area (Å²) in [6.07, 6.45) is 3.74. The van der Waals surface area contributed by atoms with E-state index in [9.17, 15) is 4.79 Å². The highest BCUT2D eigenvalue weighted by atomic mass is 16.8. The molecule has 0 aliphatic carbocycles. The van der Waals surface area contributed by atoms with Gasteiger partial charge in [-0.3, -0.25) is 4.79 Å². The normalized spacial score (nSPS) is 29.4. The largest absolute Gasteiger partial charge is 0.469 e. The number of methoxy groups -OCH3 is 3. The fourth-order valence-corrected chi connectivity index (χ4v) is 1.37. The van der Waals surface area contributed by atoms with Crippen LogP contribution < -0.4 is 0 Å². The van der Waals surface area contributed by atoms with Gasteiger partial charge in [0.15, 0.2) is 12.1 Å². The first-order valence-electron chi connectivity index (χ1n) is 4.68. The molecule has 86 valence electrons. The van der Waals surface area contributed by atoms with Gasteiger partial charge in [0.1, 0.15) is 0 Å². The van der Waals surface area contributed by atoms with Gasteiger partial charge in [-0.2, -0.15) is 0 Å². The highest BCUT2D eigenvalue weighted by Gasteiger charge is 2.36. The molecule has 0 amide bonds. The Morgan fingerprint density at radius 2 is 2.20 bits per heavy atom. The van der Waals surface area contributed by atoms with E-state index in [1.165, 1.54) is 14.2 Å². The molecule has 5 heteroatoms. The van der Waals surface area contributed by atoms with Crippen molar-refractivity contribution in [3.8, 4) is 0 Å². The molecule has 0 radical (unpaired) electrons. The summed E-state index contributed by atoms with van der Waals surface area (Å²) < 4.78 is 20.3. The van der Waals surface area contributed by atoms with Gasteiger partial charge in [-0.25, -0.2) is 0 Å². The zero-order valence-electron chi connectivity index (χ0n) is 9.19. The minimum absolute atomic E-state index is 0.241. The van der Waals surface area contributed by atoms with Crippen molar-refractivity contribution in [1.82, 2.24) is 0 Å². The van der Waals surface area contributed by atoms with Crippen molar-refractivity contribution in [2.45, 2.75) is 24.9 Å². The van der Waals surface area contributed by atoms with Crippen LogP contribution in [0.1, 0.15) is 12.8 Å². The van der Waals surface area contributed by atoms with Gasteiger partial charge in [-0.15, -0.1) is 0 Å². The monoisotopic (exact) mass is 216 g/mol. The summed E-state index contributed by atoms with van der Waals surface area (Å²) in [5, 5.41) is 0. The molecule has 0 bridgehead atoms. The molecule has 0 aromatic heterocycles. The van der Waals surface area contributed by atoms with Gasteiger partial charge in [-0.05, 0) is 12.2 Å². The predicted molar refractivity (Wildman–Crippen MR) is 52.0 cm³/mol. The minimum atomic E-state index is -0.866. The smallest absolute Gasteiger partial charge is 0.305 e. The molecule has 1 rings (SSSR count). The number of hydrogen-bond donors (Lipinski definition) is 0. The van der Waals surface area contributed by atoms with Crippen molar-refractivity contribution in [2.24, 2.45) is 0 Å². The van der Waals surface area contributed by atoms with E-state index in [0.717, 1.165) is 0 Å². The Kier molecular flexibility index (Phi) is 4.26. The Hall–Kier alpha value is -0.910. The number of esters is 1. The average Bonchev–Trinajstić information content (AvgIpc) is 2.70. The first kappa shape index (κ1) is 12.2. The van der Waals surface area contributed by atoms with Gasteiger partial charge in [0, 0.05) is 20.6 Å². The molecule has 0 aromatic carbocycles. The van der Waals surface area contributed by atoms with Crippen LogP contribution in [0.25, 0.3) is 0 Å². The molecule has 0 saturated heterocycles. The second-order valence-corrected chi connectivity index (χ2v) is 3.17. The highest BCUT2D eigenvalue weighted by molar-refractivity contribution is 5.69. The van der Waals surface area contributed by atoms with Crippen LogP contribution in [0.4, 0.5) is 0 Å². The third-order valence-corrected chi connectivity index (χ3v) is 2.31. The summed E-state index contributed by atoms with van der Waals surface area (Å²) in [6.45, 7) is 0. The zero-order valence-corrected chi connectivity index (χ0v) is 9.19. The lowest BCUT2D eigenvalue weighted by atomic mass is 10.1. The van der Waals surface area contributed by atoms with Crippen LogP contribution in [0.15, 0.2) is 12.2 Å². The quantitative estimate of drug-likeness (QED) is 0.503. The Balaban J connectivity index is 2.49. The number of ether oxygens (including phenoxy) is 4. The van der Waals surface area contributed by atoms with Crippen LogP contribution in [0.5, 0.6) is 0 Å². The topological polar surface area (TPSA) is 54.0 Å². The van der Waals surface area contributed by atoms with Crippen molar-refractivity contribution in [3.63, 3.8) is 0 Å².